The van der Waals surface area contributed by atoms with E-state index in [9.17, 15) is 18.0 Å². The second-order valence-corrected chi connectivity index (χ2v) is 13.2. The summed E-state index contributed by atoms with van der Waals surface area (Å²) < 4.78 is 41.0. The van der Waals surface area contributed by atoms with Crippen molar-refractivity contribution in [1.82, 2.24) is 15.6 Å². The number of sulfonamides is 1. The summed E-state index contributed by atoms with van der Waals surface area (Å²) in [5.74, 6) is 1.59. The lowest BCUT2D eigenvalue weighted by Gasteiger charge is -2.59. The van der Waals surface area contributed by atoms with Crippen LogP contribution in [0.15, 0.2) is 47.4 Å². The lowest BCUT2D eigenvalue weighted by Crippen LogP contribution is -2.55. The SMILES string of the molecule is COc1ccc(C(=O)NNC(=O)COc2ccccc2C)cc1S(=O)(=O)N[C@@H](C)C12CC3CC(CC(C3)C1)C2. The van der Waals surface area contributed by atoms with Crippen LogP contribution in [0.3, 0.4) is 0 Å². The average Bonchev–Trinajstić information content (AvgIpc) is 2.90. The highest BCUT2D eigenvalue weighted by Gasteiger charge is 2.53. The number of hydrogen-bond donors (Lipinski definition) is 3. The molecule has 0 saturated heterocycles. The van der Waals surface area contributed by atoms with Gasteiger partial charge in [-0.3, -0.25) is 20.4 Å². The maximum absolute atomic E-state index is 13.6. The number of nitrogens with one attached hydrogen (secondary N) is 3. The molecule has 9 nitrogen and oxygen atoms in total. The number of carbonyl (C=O) groups is 2. The summed E-state index contributed by atoms with van der Waals surface area (Å²) in [5.41, 5.74) is 5.56. The van der Waals surface area contributed by atoms with Crippen molar-refractivity contribution in [2.24, 2.45) is 23.2 Å². The first-order valence-electron chi connectivity index (χ1n) is 13.6. The Morgan fingerprint density at radius 2 is 1.62 bits per heavy atom. The molecular formula is C29H37N3O6S. The Morgan fingerprint density at radius 1 is 0.974 bits per heavy atom. The minimum absolute atomic E-state index is 0.0192. The Kier molecular flexibility index (Phi) is 7.61. The Labute approximate surface area is 230 Å². The van der Waals surface area contributed by atoms with Gasteiger partial charge in [-0.05, 0) is 105 Å². The summed E-state index contributed by atoms with van der Waals surface area (Å²) >= 11 is 0. The predicted octanol–water partition coefficient (Wildman–Crippen LogP) is 3.73. The molecule has 0 spiro atoms. The third kappa shape index (κ3) is 5.77. The van der Waals surface area contributed by atoms with Crippen LogP contribution >= 0.6 is 0 Å². The molecule has 39 heavy (non-hydrogen) atoms. The third-order valence-electron chi connectivity index (χ3n) is 8.82. The van der Waals surface area contributed by atoms with Gasteiger partial charge < -0.3 is 9.47 Å². The summed E-state index contributed by atoms with van der Waals surface area (Å²) in [4.78, 5) is 24.9. The summed E-state index contributed by atoms with van der Waals surface area (Å²) in [6.45, 7) is 3.55. The zero-order valence-electron chi connectivity index (χ0n) is 22.7. The van der Waals surface area contributed by atoms with E-state index in [0.29, 0.717) is 23.5 Å². The van der Waals surface area contributed by atoms with Crippen molar-refractivity contribution in [2.45, 2.75) is 63.3 Å². The zero-order chi connectivity index (χ0) is 27.8. The molecule has 1 atom stereocenters. The van der Waals surface area contributed by atoms with Crippen LogP contribution in [0.5, 0.6) is 11.5 Å². The smallest absolute Gasteiger partial charge is 0.276 e. The van der Waals surface area contributed by atoms with E-state index in [2.05, 4.69) is 15.6 Å². The molecule has 2 amide bonds. The Bertz CT molecular complexity index is 1320. The van der Waals surface area contributed by atoms with Crippen LogP contribution in [0.1, 0.15) is 61.4 Å². The van der Waals surface area contributed by atoms with Gasteiger partial charge in [-0.25, -0.2) is 13.1 Å². The van der Waals surface area contributed by atoms with Crippen molar-refractivity contribution in [1.29, 1.82) is 0 Å². The fourth-order valence-electron chi connectivity index (χ4n) is 7.25. The molecule has 0 aromatic heterocycles. The average molecular weight is 556 g/mol. The Balaban J connectivity index is 1.24. The molecular weight excluding hydrogens is 518 g/mol. The number of carbonyl (C=O) groups excluding carboxylic acids is 2. The molecule has 2 aromatic rings. The van der Waals surface area contributed by atoms with Crippen molar-refractivity contribution < 1.29 is 27.5 Å². The number of methoxy groups -OCH3 is 1. The topological polar surface area (TPSA) is 123 Å². The van der Waals surface area contributed by atoms with E-state index in [-0.39, 0.29) is 34.3 Å². The highest BCUT2D eigenvalue weighted by atomic mass is 32.2. The number of hydrogen-bond acceptors (Lipinski definition) is 6. The van der Waals surface area contributed by atoms with Crippen LogP contribution in [0.4, 0.5) is 0 Å². The lowest BCUT2D eigenvalue weighted by atomic mass is 9.48. The molecule has 4 fully saturated rings. The monoisotopic (exact) mass is 555 g/mol. The second kappa shape index (κ2) is 10.8. The number of amides is 2. The molecule has 10 heteroatoms. The molecule has 0 heterocycles. The quantitative estimate of drug-likeness (QED) is 0.405. The lowest BCUT2D eigenvalue weighted by molar-refractivity contribution is -0.123. The molecule has 4 saturated carbocycles. The predicted molar refractivity (Wildman–Crippen MR) is 146 cm³/mol. The minimum atomic E-state index is -3.99. The van der Waals surface area contributed by atoms with E-state index >= 15 is 0 Å². The normalized spacial score (nSPS) is 26.1. The Morgan fingerprint density at radius 3 is 2.23 bits per heavy atom. The van der Waals surface area contributed by atoms with Gasteiger partial charge in [0.05, 0.1) is 7.11 Å². The fourth-order valence-corrected chi connectivity index (χ4v) is 8.79. The molecule has 4 aliphatic rings. The van der Waals surface area contributed by atoms with E-state index in [1.54, 1.807) is 12.1 Å². The number of benzene rings is 2. The van der Waals surface area contributed by atoms with Gasteiger partial charge in [0.1, 0.15) is 16.4 Å². The summed E-state index contributed by atoms with van der Waals surface area (Å²) in [5, 5.41) is 0. The van der Waals surface area contributed by atoms with Crippen molar-refractivity contribution in [3.05, 3.63) is 53.6 Å². The van der Waals surface area contributed by atoms with Gasteiger partial charge in [-0.1, -0.05) is 18.2 Å². The maximum atomic E-state index is 13.6. The first-order valence-corrected chi connectivity index (χ1v) is 15.0. The molecule has 0 unspecified atom stereocenters. The zero-order valence-corrected chi connectivity index (χ0v) is 23.5. The number of rotatable bonds is 9. The first kappa shape index (κ1) is 27.5. The van der Waals surface area contributed by atoms with Gasteiger partial charge in [0.15, 0.2) is 6.61 Å². The van der Waals surface area contributed by atoms with Crippen LogP contribution in [0.25, 0.3) is 0 Å². The van der Waals surface area contributed by atoms with Crippen LogP contribution in [-0.2, 0) is 14.8 Å². The second-order valence-electron chi connectivity index (χ2n) is 11.5. The van der Waals surface area contributed by atoms with Crippen molar-refractivity contribution in [3.8, 4) is 11.5 Å². The van der Waals surface area contributed by atoms with Gasteiger partial charge in [-0.2, -0.15) is 0 Å². The summed E-state index contributed by atoms with van der Waals surface area (Å²) in [7, 11) is -2.59. The van der Waals surface area contributed by atoms with Crippen molar-refractivity contribution in [2.75, 3.05) is 13.7 Å². The van der Waals surface area contributed by atoms with Crippen LogP contribution < -0.4 is 25.0 Å². The molecule has 6 rings (SSSR count). The minimum Gasteiger partial charge on any atom is -0.495 e. The summed E-state index contributed by atoms with van der Waals surface area (Å²) in [6, 6.07) is 11.2. The first-order chi connectivity index (χ1) is 18.6. The van der Waals surface area contributed by atoms with Gasteiger partial charge in [-0.15, -0.1) is 0 Å². The molecule has 4 bridgehead atoms. The van der Waals surface area contributed by atoms with E-state index in [1.807, 2.05) is 26.0 Å². The van der Waals surface area contributed by atoms with Crippen LogP contribution in [0.2, 0.25) is 0 Å². The van der Waals surface area contributed by atoms with E-state index in [0.717, 1.165) is 24.8 Å². The standard InChI is InChI=1S/C29H37N3O6S/c1-18-6-4-5-7-24(18)38-17-27(33)30-31-28(34)23-8-9-25(37-3)26(13-23)39(35,36)32-19(2)29-14-20-10-21(15-29)12-22(11-20)16-29/h4-9,13,19-22,32H,10-12,14-17H2,1-3H3,(H,30,33)(H,31,34)/t19-,20?,21?,22?,29?/m0/s1. The number of aryl methyl sites for hydroxylation is 1. The molecule has 0 radical (unpaired) electrons. The van der Waals surface area contributed by atoms with Gasteiger partial charge in [0.2, 0.25) is 10.0 Å². The van der Waals surface area contributed by atoms with Gasteiger partial charge in [0.25, 0.3) is 11.8 Å². The van der Waals surface area contributed by atoms with Crippen LogP contribution in [0, 0.1) is 30.1 Å². The highest BCUT2D eigenvalue weighted by molar-refractivity contribution is 7.89. The Hall–Kier alpha value is -3.11. The third-order valence-corrected chi connectivity index (χ3v) is 10.4. The molecule has 0 aliphatic heterocycles. The largest absolute Gasteiger partial charge is 0.495 e. The van der Waals surface area contributed by atoms with Gasteiger partial charge in [0, 0.05) is 11.6 Å². The van der Waals surface area contributed by atoms with Gasteiger partial charge >= 0.3 is 0 Å². The molecule has 210 valence electrons. The van der Waals surface area contributed by atoms with Crippen molar-refractivity contribution >= 4 is 21.8 Å². The molecule has 4 aliphatic carbocycles. The number of hydrazine groups is 1. The molecule has 3 N–H and O–H groups in total. The number of para-hydroxylation sites is 1. The molecule has 2 aromatic carbocycles. The highest BCUT2D eigenvalue weighted by Crippen LogP contribution is 2.61. The van der Waals surface area contributed by atoms with E-state index in [1.165, 1.54) is 44.6 Å². The van der Waals surface area contributed by atoms with E-state index < -0.39 is 21.8 Å². The van der Waals surface area contributed by atoms with Crippen LogP contribution in [-0.4, -0.2) is 40.0 Å². The fraction of sp³-hybridized carbons (Fsp3) is 0.517. The summed E-state index contributed by atoms with van der Waals surface area (Å²) in [6.07, 6.45) is 7.02. The number of ether oxygens (including phenoxy) is 2. The van der Waals surface area contributed by atoms with E-state index in [4.69, 9.17) is 9.47 Å². The maximum Gasteiger partial charge on any atom is 0.276 e. The van der Waals surface area contributed by atoms with Crippen molar-refractivity contribution in [3.63, 3.8) is 0 Å².